The van der Waals surface area contributed by atoms with Gasteiger partial charge in [0.15, 0.2) is 0 Å². The standard InChI is InChI=1S/C11H19NO2S/c1-11(6-4-3-5-7-11)15-8-9(12)10(13)14-2/h3-4,9H,5-8,12H2,1-2H3/t9-,11?/m0/s1. The van der Waals surface area contributed by atoms with Crippen molar-refractivity contribution >= 4 is 17.7 Å². The highest BCUT2D eigenvalue weighted by atomic mass is 32.2. The molecule has 0 fully saturated rings. The van der Waals surface area contributed by atoms with Crippen LogP contribution in [0.1, 0.15) is 26.2 Å². The summed E-state index contributed by atoms with van der Waals surface area (Å²) in [6.45, 7) is 2.23. The Balaban J connectivity index is 2.35. The number of nitrogens with two attached hydrogens (primary N) is 1. The molecule has 0 bridgehead atoms. The van der Waals surface area contributed by atoms with Crippen LogP contribution < -0.4 is 5.73 Å². The maximum atomic E-state index is 11.1. The van der Waals surface area contributed by atoms with E-state index in [-0.39, 0.29) is 10.7 Å². The van der Waals surface area contributed by atoms with E-state index in [1.165, 1.54) is 7.11 Å². The van der Waals surface area contributed by atoms with Gasteiger partial charge in [-0.05, 0) is 19.3 Å². The van der Waals surface area contributed by atoms with Crippen molar-refractivity contribution in [2.24, 2.45) is 5.73 Å². The molecule has 0 amide bonds. The maximum Gasteiger partial charge on any atom is 0.323 e. The third-order valence-electron chi connectivity index (χ3n) is 2.67. The highest BCUT2D eigenvalue weighted by Gasteiger charge is 2.27. The van der Waals surface area contributed by atoms with Crippen molar-refractivity contribution in [2.75, 3.05) is 12.9 Å². The quantitative estimate of drug-likeness (QED) is 0.589. The highest BCUT2D eigenvalue weighted by molar-refractivity contribution is 8.00. The minimum Gasteiger partial charge on any atom is -0.468 e. The van der Waals surface area contributed by atoms with Crippen LogP contribution in [-0.4, -0.2) is 29.6 Å². The molecule has 0 aromatic carbocycles. The van der Waals surface area contributed by atoms with Crippen molar-refractivity contribution in [3.63, 3.8) is 0 Å². The van der Waals surface area contributed by atoms with Gasteiger partial charge in [-0.15, -0.1) is 0 Å². The van der Waals surface area contributed by atoms with Crippen LogP contribution in [-0.2, 0) is 9.53 Å². The van der Waals surface area contributed by atoms with E-state index in [1.807, 2.05) is 0 Å². The monoisotopic (exact) mass is 229 g/mol. The van der Waals surface area contributed by atoms with Gasteiger partial charge >= 0.3 is 5.97 Å². The summed E-state index contributed by atoms with van der Waals surface area (Å²) in [4.78, 5) is 11.1. The summed E-state index contributed by atoms with van der Waals surface area (Å²) >= 11 is 1.77. The van der Waals surface area contributed by atoms with Gasteiger partial charge in [0.1, 0.15) is 6.04 Å². The predicted octanol–water partition coefficient (Wildman–Crippen LogP) is 1.72. The lowest BCUT2D eigenvalue weighted by molar-refractivity contribution is -0.141. The van der Waals surface area contributed by atoms with Crippen LogP contribution in [0.4, 0.5) is 0 Å². The van der Waals surface area contributed by atoms with Gasteiger partial charge in [0.05, 0.1) is 7.11 Å². The molecule has 2 atom stereocenters. The number of hydrogen-bond donors (Lipinski definition) is 1. The van der Waals surface area contributed by atoms with Crippen LogP contribution in [0.3, 0.4) is 0 Å². The zero-order valence-corrected chi connectivity index (χ0v) is 10.2. The molecule has 0 saturated heterocycles. The minimum atomic E-state index is -0.497. The van der Waals surface area contributed by atoms with Crippen molar-refractivity contribution in [1.29, 1.82) is 0 Å². The molecular formula is C11H19NO2S. The topological polar surface area (TPSA) is 52.3 Å². The van der Waals surface area contributed by atoms with Gasteiger partial charge in [0.25, 0.3) is 0 Å². The summed E-state index contributed by atoms with van der Waals surface area (Å²) in [5, 5.41) is 0. The summed E-state index contributed by atoms with van der Waals surface area (Å²) < 4.78 is 4.83. The molecule has 0 saturated carbocycles. The second-order valence-electron chi connectivity index (χ2n) is 4.10. The lowest BCUT2D eigenvalue weighted by Crippen LogP contribution is -2.36. The Hall–Kier alpha value is -0.480. The van der Waals surface area contributed by atoms with E-state index in [9.17, 15) is 4.79 Å². The number of carbonyl (C=O) groups is 1. The van der Waals surface area contributed by atoms with E-state index in [2.05, 4.69) is 23.8 Å². The molecule has 0 aromatic rings. The zero-order chi connectivity index (χ0) is 11.3. The molecule has 2 N–H and O–H groups in total. The van der Waals surface area contributed by atoms with E-state index in [1.54, 1.807) is 11.8 Å². The predicted molar refractivity (Wildman–Crippen MR) is 63.8 cm³/mol. The first kappa shape index (κ1) is 12.6. The number of hydrogen-bond acceptors (Lipinski definition) is 4. The Labute approximate surface area is 95.4 Å². The molecule has 0 aliphatic heterocycles. The number of rotatable bonds is 4. The molecule has 0 aromatic heterocycles. The normalized spacial score (nSPS) is 27.4. The third kappa shape index (κ3) is 3.87. The maximum absolute atomic E-state index is 11.1. The van der Waals surface area contributed by atoms with Gasteiger partial charge < -0.3 is 10.5 Å². The van der Waals surface area contributed by atoms with Crippen LogP contribution in [0.5, 0.6) is 0 Å². The molecule has 0 radical (unpaired) electrons. The zero-order valence-electron chi connectivity index (χ0n) is 9.36. The molecular weight excluding hydrogens is 210 g/mol. The van der Waals surface area contributed by atoms with E-state index < -0.39 is 6.04 Å². The van der Waals surface area contributed by atoms with Gasteiger partial charge in [-0.2, -0.15) is 11.8 Å². The smallest absolute Gasteiger partial charge is 0.323 e. The van der Waals surface area contributed by atoms with Crippen molar-refractivity contribution in [2.45, 2.75) is 37.0 Å². The molecule has 0 spiro atoms. The molecule has 4 heteroatoms. The van der Waals surface area contributed by atoms with E-state index >= 15 is 0 Å². The lowest BCUT2D eigenvalue weighted by Gasteiger charge is -2.30. The Morgan fingerprint density at radius 2 is 2.40 bits per heavy atom. The summed E-state index contributed by atoms with van der Waals surface area (Å²) in [6, 6.07) is -0.497. The van der Waals surface area contributed by atoms with E-state index in [0.717, 1.165) is 19.3 Å². The Bertz CT molecular complexity index is 255. The van der Waals surface area contributed by atoms with Crippen LogP contribution in [0, 0.1) is 0 Å². The first-order valence-corrected chi connectivity index (χ1v) is 6.18. The first-order chi connectivity index (χ1) is 7.07. The Morgan fingerprint density at radius 1 is 1.67 bits per heavy atom. The van der Waals surface area contributed by atoms with Gasteiger partial charge in [0.2, 0.25) is 0 Å². The number of thioether (sulfide) groups is 1. The molecule has 1 aliphatic carbocycles. The van der Waals surface area contributed by atoms with Crippen LogP contribution in [0.2, 0.25) is 0 Å². The van der Waals surface area contributed by atoms with Crippen LogP contribution in [0.25, 0.3) is 0 Å². The summed E-state index contributed by atoms with van der Waals surface area (Å²) in [7, 11) is 1.37. The third-order valence-corrected chi connectivity index (χ3v) is 4.26. The molecule has 1 rings (SSSR count). The van der Waals surface area contributed by atoms with Crippen LogP contribution in [0.15, 0.2) is 12.2 Å². The molecule has 1 unspecified atom stereocenters. The van der Waals surface area contributed by atoms with Crippen molar-refractivity contribution < 1.29 is 9.53 Å². The Kier molecular flexibility index (Phi) is 4.67. The van der Waals surface area contributed by atoms with E-state index in [0.29, 0.717) is 5.75 Å². The fraction of sp³-hybridized carbons (Fsp3) is 0.727. The average molecular weight is 229 g/mol. The average Bonchev–Trinajstić information content (AvgIpc) is 2.26. The molecule has 15 heavy (non-hydrogen) atoms. The number of allylic oxidation sites excluding steroid dienone is 2. The molecule has 0 heterocycles. The van der Waals surface area contributed by atoms with Crippen molar-refractivity contribution in [3.8, 4) is 0 Å². The highest BCUT2D eigenvalue weighted by Crippen LogP contribution is 2.36. The van der Waals surface area contributed by atoms with Gasteiger partial charge in [-0.25, -0.2) is 0 Å². The Morgan fingerprint density at radius 3 is 2.93 bits per heavy atom. The summed E-state index contributed by atoms with van der Waals surface area (Å²) in [5.41, 5.74) is 5.69. The van der Waals surface area contributed by atoms with Crippen molar-refractivity contribution in [1.82, 2.24) is 0 Å². The number of methoxy groups -OCH3 is 1. The number of carbonyl (C=O) groups excluding carboxylic acids is 1. The summed E-state index contributed by atoms with van der Waals surface area (Å²) in [5.74, 6) is 0.314. The largest absolute Gasteiger partial charge is 0.468 e. The second kappa shape index (κ2) is 5.56. The molecule has 3 nitrogen and oxygen atoms in total. The fourth-order valence-corrected chi connectivity index (χ4v) is 2.78. The fourth-order valence-electron chi connectivity index (χ4n) is 1.58. The number of esters is 1. The van der Waals surface area contributed by atoms with E-state index in [4.69, 9.17) is 5.73 Å². The molecule has 1 aliphatic rings. The van der Waals surface area contributed by atoms with Gasteiger partial charge in [0, 0.05) is 10.5 Å². The lowest BCUT2D eigenvalue weighted by atomic mass is 9.95. The minimum absolute atomic E-state index is 0.236. The van der Waals surface area contributed by atoms with Gasteiger partial charge in [-0.3, -0.25) is 4.79 Å². The SMILES string of the molecule is COC(=O)[C@@H](N)CSC1(C)CC=CCC1. The summed E-state index contributed by atoms with van der Waals surface area (Å²) in [6.07, 6.45) is 7.76. The van der Waals surface area contributed by atoms with Crippen LogP contribution >= 0.6 is 11.8 Å². The second-order valence-corrected chi connectivity index (χ2v) is 5.71. The van der Waals surface area contributed by atoms with Crippen molar-refractivity contribution in [3.05, 3.63) is 12.2 Å². The number of ether oxygens (including phenoxy) is 1. The molecule has 86 valence electrons. The van der Waals surface area contributed by atoms with Gasteiger partial charge in [-0.1, -0.05) is 19.1 Å². The first-order valence-electron chi connectivity index (χ1n) is 5.20.